The van der Waals surface area contributed by atoms with E-state index in [0.717, 1.165) is 21.8 Å². The molecule has 0 amide bonds. The Morgan fingerprint density at radius 1 is 1.10 bits per heavy atom. The van der Waals surface area contributed by atoms with Crippen molar-refractivity contribution in [2.75, 3.05) is 13.2 Å². The van der Waals surface area contributed by atoms with Crippen molar-refractivity contribution < 1.29 is 19.0 Å². The van der Waals surface area contributed by atoms with Gasteiger partial charge < -0.3 is 14.2 Å². The molecule has 0 fully saturated rings. The fraction of sp³-hybridized carbons (Fsp3) is 0.345. The van der Waals surface area contributed by atoms with Crippen LogP contribution in [-0.4, -0.2) is 40.1 Å². The number of carbonyl (C=O) groups excluding carboxylic acids is 1. The van der Waals surface area contributed by atoms with Gasteiger partial charge in [0, 0.05) is 28.2 Å². The molecule has 0 saturated carbocycles. The van der Waals surface area contributed by atoms with Crippen molar-refractivity contribution in [1.82, 2.24) is 14.8 Å². The topological polar surface area (TPSA) is 75.5 Å². The van der Waals surface area contributed by atoms with Crippen molar-refractivity contribution in [1.29, 1.82) is 0 Å². The summed E-state index contributed by atoms with van der Waals surface area (Å²) in [4.78, 5) is 17.6. The Kier molecular flexibility index (Phi) is 10.3. The Hall–Kier alpha value is -3.07. The summed E-state index contributed by atoms with van der Waals surface area (Å²) in [6, 6.07) is 17.4. The van der Waals surface area contributed by atoms with Gasteiger partial charge in [0.15, 0.2) is 4.88 Å². The highest BCUT2D eigenvalue weighted by molar-refractivity contribution is 7.14. The summed E-state index contributed by atoms with van der Waals surface area (Å²) in [6.07, 6.45) is 1.97. The number of thiazole rings is 1. The van der Waals surface area contributed by atoms with Gasteiger partial charge in [-0.05, 0) is 56.9 Å². The molecule has 2 aromatic heterocycles. The molecule has 2 heterocycles. The van der Waals surface area contributed by atoms with Crippen LogP contribution >= 0.6 is 34.5 Å². The molecular formula is C29H31Cl2N3O4S. The first-order valence-corrected chi connectivity index (χ1v) is 14.4. The number of rotatable bonds is 13. The van der Waals surface area contributed by atoms with Gasteiger partial charge >= 0.3 is 5.97 Å². The van der Waals surface area contributed by atoms with E-state index in [1.54, 1.807) is 13.0 Å². The average Bonchev–Trinajstić information content (AvgIpc) is 3.47. The maximum absolute atomic E-state index is 12.6. The maximum Gasteiger partial charge on any atom is 0.353 e. The molecule has 10 heteroatoms. The molecule has 0 saturated heterocycles. The van der Waals surface area contributed by atoms with Crippen LogP contribution < -0.4 is 9.47 Å². The Morgan fingerprint density at radius 2 is 1.90 bits per heavy atom. The quantitative estimate of drug-likeness (QED) is 0.121. The molecule has 0 unspecified atom stereocenters. The van der Waals surface area contributed by atoms with Crippen LogP contribution in [0.2, 0.25) is 10.0 Å². The van der Waals surface area contributed by atoms with Crippen LogP contribution in [0, 0.1) is 0 Å². The second kappa shape index (κ2) is 13.8. The van der Waals surface area contributed by atoms with E-state index in [-0.39, 0.29) is 12.7 Å². The van der Waals surface area contributed by atoms with E-state index in [1.165, 1.54) is 11.3 Å². The second-order valence-corrected chi connectivity index (χ2v) is 11.0. The normalized spacial score (nSPS) is 11.1. The van der Waals surface area contributed by atoms with E-state index in [1.807, 2.05) is 67.1 Å². The Labute approximate surface area is 242 Å². The van der Waals surface area contributed by atoms with E-state index in [9.17, 15) is 4.79 Å². The lowest BCUT2D eigenvalue weighted by atomic mass is 10.2. The number of carbonyl (C=O) groups is 1. The highest BCUT2D eigenvalue weighted by atomic mass is 35.5. The van der Waals surface area contributed by atoms with Crippen LogP contribution in [0.1, 0.15) is 58.7 Å². The summed E-state index contributed by atoms with van der Waals surface area (Å²) in [5, 5.41) is 6.60. The maximum atomic E-state index is 12.6. The van der Waals surface area contributed by atoms with Crippen molar-refractivity contribution in [2.24, 2.45) is 0 Å². The van der Waals surface area contributed by atoms with Crippen molar-refractivity contribution >= 4 is 40.5 Å². The molecule has 0 aliphatic carbocycles. The van der Waals surface area contributed by atoms with E-state index in [2.05, 4.69) is 10.1 Å². The molecule has 0 N–H and O–H groups in total. The lowest BCUT2D eigenvalue weighted by Crippen LogP contribution is -2.10. The van der Waals surface area contributed by atoms with Crippen molar-refractivity contribution in [3.8, 4) is 11.8 Å². The van der Waals surface area contributed by atoms with Crippen molar-refractivity contribution in [2.45, 2.75) is 52.7 Å². The highest BCUT2D eigenvalue weighted by Gasteiger charge is 2.21. The first-order valence-electron chi connectivity index (χ1n) is 12.8. The van der Waals surface area contributed by atoms with Crippen LogP contribution in [-0.2, 0) is 24.1 Å². The van der Waals surface area contributed by atoms with Gasteiger partial charge in [-0.3, -0.25) is 4.68 Å². The number of halogens is 2. The van der Waals surface area contributed by atoms with Gasteiger partial charge in [-0.15, -0.1) is 16.4 Å². The largest absolute Gasteiger partial charge is 0.476 e. The summed E-state index contributed by atoms with van der Waals surface area (Å²) < 4.78 is 19.0. The first kappa shape index (κ1) is 28.9. The third kappa shape index (κ3) is 8.21. The van der Waals surface area contributed by atoms with Gasteiger partial charge in [-0.2, -0.15) is 0 Å². The number of benzene rings is 2. The van der Waals surface area contributed by atoms with E-state index >= 15 is 0 Å². The van der Waals surface area contributed by atoms with Gasteiger partial charge in [0.1, 0.15) is 5.01 Å². The van der Waals surface area contributed by atoms with Gasteiger partial charge in [0.05, 0.1) is 25.9 Å². The summed E-state index contributed by atoms with van der Waals surface area (Å²) in [5.41, 5.74) is 3.00. The third-order valence-electron chi connectivity index (χ3n) is 5.65. The number of hydrogen-bond donors (Lipinski definition) is 0. The predicted molar refractivity (Wildman–Crippen MR) is 155 cm³/mol. The summed E-state index contributed by atoms with van der Waals surface area (Å²) >= 11 is 13.8. The van der Waals surface area contributed by atoms with Gasteiger partial charge in [-0.1, -0.05) is 59.6 Å². The zero-order valence-corrected chi connectivity index (χ0v) is 24.5. The molecule has 7 nitrogen and oxygen atoms in total. The van der Waals surface area contributed by atoms with Crippen LogP contribution in [0.25, 0.3) is 0 Å². The lowest BCUT2D eigenvalue weighted by Gasteiger charge is -2.10. The Morgan fingerprint density at radius 3 is 2.62 bits per heavy atom. The molecule has 0 aliphatic rings. The summed E-state index contributed by atoms with van der Waals surface area (Å²) in [7, 11) is 0. The van der Waals surface area contributed by atoms with Gasteiger partial charge in [0.25, 0.3) is 0 Å². The highest BCUT2D eigenvalue weighted by Crippen LogP contribution is 2.29. The van der Waals surface area contributed by atoms with Crippen LogP contribution in [0.15, 0.2) is 54.6 Å². The van der Waals surface area contributed by atoms with Crippen LogP contribution in [0.5, 0.6) is 11.8 Å². The minimum Gasteiger partial charge on any atom is -0.476 e. The van der Waals surface area contributed by atoms with E-state index in [4.69, 9.17) is 37.4 Å². The fourth-order valence-electron chi connectivity index (χ4n) is 3.92. The standard InChI is InChI=1S/C29H31Cl2N3O4S/c1-4-36-29(35)27-28(32-26(39-27)15-20-9-6-5-7-10-20)37-14-8-11-23-17-25(38-19(2)3)33-34(23)18-21-12-13-22(30)16-24(21)31/h5-7,9-10,12-13,16-17,19H,4,8,11,14-15,18H2,1-3H3. The molecule has 4 rings (SSSR count). The molecule has 0 atom stereocenters. The lowest BCUT2D eigenvalue weighted by molar-refractivity contribution is 0.0527. The zero-order valence-electron chi connectivity index (χ0n) is 22.2. The van der Waals surface area contributed by atoms with Crippen molar-refractivity contribution in [3.63, 3.8) is 0 Å². The molecule has 0 radical (unpaired) electrons. The zero-order chi connectivity index (χ0) is 27.8. The van der Waals surface area contributed by atoms with Gasteiger partial charge in [0.2, 0.25) is 11.8 Å². The minimum atomic E-state index is -0.419. The fourth-order valence-corrected chi connectivity index (χ4v) is 5.32. The third-order valence-corrected chi connectivity index (χ3v) is 7.25. The summed E-state index contributed by atoms with van der Waals surface area (Å²) in [5.74, 6) is 0.452. The second-order valence-electron chi connectivity index (χ2n) is 9.11. The summed E-state index contributed by atoms with van der Waals surface area (Å²) in [6.45, 7) is 6.84. The molecule has 39 heavy (non-hydrogen) atoms. The molecule has 0 bridgehead atoms. The van der Waals surface area contributed by atoms with Crippen molar-refractivity contribution in [3.05, 3.63) is 91.3 Å². The smallest absolute Gasteiger partial charge is 0.353 e. The number of hydrogen-bond acceptors (Lipinski definition) is 7. The van der Waals surface area contributed by atoms with Gasteiger partial charge in [-0.25, -0.2) is 9.78 Å². The van der Waals surface area contributed by atoms with Crippen LogP contribution in [0.3, 0.4) is 0 Å². The van der Waals surface area contributed by atoms with E-state index < -0.39 is 5.97 Å². The molecule has 0 aliphatic heterocycles. The number of esters is 1. The SMILES string of the molecule is CCOC(=O)c1sc(Cc2ccccc2)nc1OCCCc1cc(OC(C)C)nn1Cc1ccc(Cl)cc1Cl. The number of aryl methyl sites for hydroxylation is 1. The van der Waals surface area contributed by atoms with E-state index in [0.29, 0.717) is 59.1 Å². The Balaban J connectivity index is 1.44. The molecule has 4 aromatic rings. The number of nitrogens with zero attached hydrogens (tertiary/aromatic N) is 3. The minimum absolute atomic E-state index is 0.000280. The molecule has 206 valence electrons. The number of ether oxygens (including phenoxy) is 3. The molecular weight excluding hydrogens is 557 g/mol. The van der Waals surface area contributed by atoms with Crippen LogP contribution in [0.4, 0.5) is 0 Å². The first-order chi connectivity index (χ1) is 18.8. The average molecular weight is 589 g/mol. The predicted octanol–water partition coefficient (Wildman–Crippen LogP) is 7.26. The number of aromatic nitrogens is 3. The monoisotopic (exact) mass is 587 g/mol. The molecule has 2 aromatic carbocycles. The molecule has 0 spiro atoms. The Bertz CT molecular complexity index is 1390.